The molecular formula is C7H15NO3. The van der Waals surface area contributed by atoms with Crippen LogP contribution in [0, 0.1) is 5.92 Å². The predicted octanol–water partition coefficient (Wildman–Crippen LogP) is 0.182. The van der Waals surface area contributed by atoms with Crippen molar-refractivity contribution in [1.29, 1.82) is 0 Å². The molecule has 1 aliphatic heterocycles. The van der Waals surface area contributed by atoms with E-state index in [9.17, 15) is 0 Å². The minimum Gasteiger partial charge on any atom is -0.396 e. The summed E-state index contributed by atoms with van der Waals surface area (Å²) < 4.78 is 0. The molecule has 0 aromatic rings. The van der Waals surface area contributed by atoms with Crippen LogP contribution in [0.15, 0.2) is 0 Å². The van der Waals surface area contributed by atoms with Gasteiger partial charge in [0.1, 0.15) is 0 Å². The van der Waals surface area contributed by atoms with Crippen molar-refractivity contribution in [3.63, 3.8) is 0 Å². The van der Waals surface area contributed by atoms with Crippen LogP contribution in [0.5, 0.6) is 0 Å². The Hall–Kier alpha value is -0.160. The minimum atomic E-state index is -0.233. The van der Waals surface area contributed by atoms with Crippen molar-refractivity contribution in [2.45, 2.75) is 19.4 Å². The van der Waals surface area contributed by atoms with Crippen molar-refractivity contribution in [3.05, 3.63) is 0 Å². The Morgan fingerprint density at radius 3 is 2.64 bits per heavy atom. The first-order chi connectivity index (χ1) is 5.12. The Bertz CT molecular complexity index is 124. The van der Waals surface area contributed by atoms with Crippen LogP contribution in [0.2, 0.25) is 0 Å². The molecule has 0 spiro atoms. The lowest BCUT2D eigenvalue weighted by atomic mass is 9.91. The molecule has 1 aliphatic rings. The molecule has 4 nitrogen and oxygen atoms in total. The summed E-state index contributed by atoms with van der Waals surface area (Å²) in [6.45, 7) is 4.61. The van der Waals surface area contributed by atoms with Gasteiger partial charge in [0, 0.05) is 5.92 Å². The molecule has 1 rings (SSSR count). The Morgan fingerprint density at radius 2 is 2.36 bits per heavy atom. The SMILES string of the molecule is CON1OCC(CO)C1(C)C. The fourth-order valence-corrected chi connectivity index (χ4v) is 1.24. The number of hydrogen-bond acceptors (Lipinski definition) is 4. The summed E-state index contributed by atoms with van der Waals surface area (Å²) in [5.41, 5.74) is -0.233. The van der Waals surface area contributed by atoms with Gasteiger partial charge in [0.2, 0.25) is 0 Å². The molecule has 0 aliphatic carbocycles. The van der Waals surface area contributed by atoms with E-state index >= 15 is 0 Å². The highest BCUT2D eigenvalue weighted by molar-refractivity contribution is 4.85. The van der Waals surface area contributed by atoms with Crippen LogP contribution in [0.4, 0.5) is 0 Å². The highest BCUT2D eigenvalue weighted by Gasteiger charge is 2.43. The van der Waals surface area contributed by atoms with Crippen LogP contribution in [0.3, 0.4) is 0 Å². The monoisotopic (exact) mass is 161 g/mol. The van der Waals surface area contributed by atoms with E-state index in [0.717, 1.165) is 0 Å². The topological polar surface area (TPSA) is 41.9 Å². The zero-order valence-corrected chi connectivity index (χ0v) is 7.20. The van der Waals surface area contributed by atoms with E-state index in [2.05, 4.69) is 0 Å². The maximum absolute atomic E-state index is 8.95. The summed E-state index contributed by atoms with van der Waals surface area (Å²) in [5, 5.41) is 10.4. The van der Waals surface area contributed by atoms with Crippen molar-refractivity contribution >= 4 is 0 Å². The molecule has 0 aromatic heterocycles. The van der Waals surface area contributed by atoms with Gasteiger partial charge in [-0.05, 0) is 13.8 Å². The summed E-state index contributed by atoms with van der Waals surface area (Å²) in [5.74, 6) is 0.127. The highest BCUT2D eigenvalue weighted by Crippen LogP contribution is 2.31. The molecule has 11 heavy (non-hydrogen) atoms. The molecule has 1 N–H and O–H groups in total. The molecule has 0 aromatic carbocycles. The average Bonchev–Trinajstić information content (AvgIpc) is 2.24. The number of nitrogens with zero attached hydrogens (tertiary/aromatic N) is 1. The second kappa shape index (κ2) is 3.06. The van der Waals surface area contributed by atoms with Crippen LogP contribution in [0.25, 0.3) is 0 Å². The van der Waals surface area contributed by atoms with Gasteiger partial charge in [0.25, 0.3) is 0 Å². The van der Waals surface area contributed by atoms with Gasteiger partial charge in [-0.3, -0.25) is 9.68 Å². The van der Waals surface area contributed by atoms with E-state index in [-0.39, 0.29) is 18.1 Å². The third-order valence-electron chi connectivity index (χ3n) is 2.25. The molecule has 1 fully saturated rings. The second-order valence-corrected chi connectivity index (χ2v) is 3.27. The lowest BCUT2D eigenvalue weighted by Crippen LogP contribution is -2.42. The van der Waals surface area contributed by atoms with E-state index in [1.54, 1.807) is 7.11 Å². The van der Waals surface area contributed by atoms with Crippen LogP contribution in [-0.2, 0) is 9.68 Å². The maximum atomic E-state index is 8.95. The molecule has 1 atom stereocenters. The first kappa shape index (κ1) is 8.93. The van der Waals surface area contributed by atoms with Crippen LogP contribution in [-0.4, -0.2) is 36.2 Å². The summed E-state index contributed by atoms with van der Waals surface area (Å²) >= 11 is 0. The minimum absolute atomic E-state index is 0.127. The van der Waals surface area contributed by atoms with E-state index in [1.165, 1.54) is 5.23 Å². The average molecular weight is 161 g/mol. The highest BCUT2D eigenvalue weighted by atomic mass is 17.0. The molecule has 0 saturated carbocycles. The molecule has 4 heteroatoms. The molecule has 1 unspecified atom stereocenters. The van der Waals surface area contributed by atoms with Crippen molar-refractivity contribution < 1.29 is 14.8 Å². The van der Waals surface area contributed by atoms with Gasteiger partial charge in [0.05, 0.1) is 25.9 Å². The molecule has 1 saturated heterocycles. The molecule has 0 radical (unpaired) electrons. The quantitative estimate of drug-likeness (QED) is 0.627. The zero-order chi connectivity index (χ0) is 8.48. The van der Waals surface area contributed by atoms with Crippen molar-refractivity contribution in [2.24, 2.45) is 5.92 Å². The largest absolute Gasteiger partial charge is 0.396 e. The Labute approximate surface area is 66.6 Å². The van der Waals surface area contributed by atoms with Crippen molar-refractivity contribution in [2.75, 3.05) is 20.3 Å². The van der Waals surface area contributed by atoms with Gasteiger partial charge in [-0.15, -0.1) is 0 Å². The van der Waals surface area contributed by atoms with Gasteiger partial charge in [-0.1, -0.05) is 5.23 Å². The van der Waals surface area contributed by atoms with Gasteiger partial charge < -0.3 is 5.11 Å². The molecule has 66 valence electrons. The number of rotatable bonds is 2. The lowest BCUT2D eigenvalue weighted by Gasteiger charge is -2.29. The standard InChI is InChI=1S/C7H15NO3/c1-7(2)6(4-9)5-11-8(7)10-3/h6,9H,4-5H2,1-3H3. The summed E-state index contributed by atoms with van der Waals surface area (Å²) in [6.07, 6.45) is 0. The Balaban J connectivity index is 2.64. The number of aliphatic hydroxyl groups is 1. The zero-order valence-electron chi connectivity index (χ0n) is 7.20. The Morgan fingerprint density at radius 1 is 1.73 bits per heavy atom. The first-order valence-corrected chi connectivity index (χ1v) is 3.71. The third kappa shape index (κ3) is 1.39. The van der Waals surface area contributed by atoms with Crippen molar-refractivity contribution in [3.8, 4) is 0 Å². The summed E-state index contributed by atoms with van der Waals surface area (Å²) in [4.78, 5) is 10.1. The Kier molecular flexibility index (Phi) is 2.49. The second-order valence-electron chi connectivity index (χ2n) is 3.27. The normalized spacial score (nSPS) is 31.1. The number of hydroxylamine groups is 2. The van der Waals surface area contributed by atoms with E-state index in [1.807, 2.05) is 13.8 Å². The smallest absolute Gasteiger partial charge is 0.0781 e. The summed E-state index contributed by atoms with van der Waals surface area (Å²) in [6, 6.07) is 0. The van der Waals surface area contributed by atoms with Gasteiger partial charge >= 0.3 is 0 Å². The van der Waals surface area contributed by atoms with Crippen LogP contribution >= 0.6 is 0 Å². The van der Waals surface area contributed by atoms with Crippen molar-refractivity contribution in [1.82, 2.24) is 5.23 Å². The maximum Gasteiger partial charge on any atom is 0.0781 e. The summed E-state index contributed by atoms with van der Waals surface area (Å²) in [7, 11) is 1.56. The first-order valence-electron chi connectivity index (χ1n) is 3.71. The van der Waals surface area contributed by atoms with Gasteiger partial charge in [-0.2, -0.15) is 0 Å². The lowest BCUT2D eigenvalue weighted by molar-refractivity contribution is -0.363. The van der Waals surface area contributed by atoms with E-state index in [0.29, 0.717) is 6.61 Å². The molecule has 1 heterocycles. The number of hydrogen-bond donors (Lipinski definition) is 1. The molecule has 0 bridgehead atoms. The third-order valence-corrected chi connectivity index (χ3v) is 2.25. The fraction of sp³-hybridized carbons (Fsp3) is 1.00. The molecule has 0 amide bonds. The van der Waals surface area contributed by atoms with Crippen LogP contribution in [0.1, 0.15) is 13.8 Å². The molecular weight excluding hydrogens is 146 g/mol. The van der Waals surface area contributed by atoms with Gasteiger partial charge in [0.15, 0.2) is 0 Å². The van der Waals surface area contributed by atoms with Crippen LogP contribution < -0.4 is 0 Å². The number of aliphatic hydroxyl groups excluding tert-OH is 1. The van der Waals surface area contributed by atoms with Gasteiger partial charge in [-0.25, -0.2) is 0 Å². The predicted molar refractivity (Wildman–Crippen MR) is 39.5 cm³/mol. The fourth-order valence-electron chi connectivity index (χ4n) is 1.24. The van der Waals surface area contributed by atoms with E-state index < -0.39 is 0 Å². The van der Waals surface area contributed by atoms with E-state index in [4.69, 9.17) is 14.8 Å².